The van der Waals surface area contributed by atoms with E-state index in [0.717, 1.165) is 13.0 Å². The van der Waals surface area contributed by atoms with E-state index in [1.54, 1.807) is 0 Å². The first-order chi connectivity index (χ1) is 12.3. The van der Waals surface area contributed by atoms with Crippen LogP contribution in [0.1, 0.15) is 78.5 Å². The van der Waals surface area contributed by atoms with E-state index in [1.807, 2.05) is 13.8 Å². The van der Waals surface area contributed by atoms with E-state index in [2.05, 4.69) is 82.7 Å². The number of aryl methyl sites for hydroxylation is 1. The van der Waals surface area contributed by atoms with Crippen molar-refractivity contribution in [2.45, 2.75) is 80.3 Å². The third kappa shape index (κ3) is 2.17. The standard InChI is InChI=1S/C22H30N2.C2H6/c1-8-22(7)18-11-14(3)10-17-15(4)12-16-13-23(9-2)20(21(22,5)6)24(16)19(17)18;1-2/h10-13,20H,8-9H2,1-7H3;1-2H3. The van der Waals surface area contributed by atoms with E-state index < -0.39 is 0 Å². The molecule has 0 bridgehead atoms. The number of hydrogen-bond donors (Lipinski definition) is 0. The Morgan fingerprint density at radius 1 is 1.04 bits per heavy atom. The highest BCUT2D eigenvalue weighted by atomic mass is 15.4. The molecule has 26 heavy (non-hydrogen) atoms. The van der Waals surface area contributed by atoms with E-state index >= 15 is 0 Å². The van der Waals surface area contributed by atoms with Crippen molar-refractivity contribution in [2.24, 2.45) is 5.41 Å². The molecule has 142 valence electrons. The summed E-state index contributed by atoms with van der Waals surface area (Å²) in [6, 6.07) is 4.83. The van der Waals surface area contributed by atoms with Crippen molar-refractivity contribution in [3.05, 3.63) is 46.8 Å². The fraction of sp³-hybridized carbons (Fsp3) is 0.583. The van der Waals surface area contributed by atoms with Gasteiger partial charge in [0, 0.05) is 29.1 Å². The van der Waals surface area contributed by atoms with Gasteiger partial charge in [-0.2, -0.15) is 0 Å². The van der Waals surface area contributed by atoms with Crippen LogP contribution in [0.3, 0.4) is 0 Å². The minimum absolute atomic E-state index is 0.160. The molecule has 0 saturated carbocycles. The van der Waals surface area contributed by atoms with Crippen LogP contribution in [0.5, 0.6) is 0 Å². The summed E-state index contributed by atoms with van der Waals surface area (Å²) < 4.78 is 0. The molecule has 3 aliphatic heterocycles. The van der Waals surface area contributed by atoms with E-state index in [9.17, 15) is 0 Å². The number of anilines is 1. The van der Waals surface area contributed by atoms with E-state index in [4.69, 9.17) is 0 Å². The predicted octanol–water partition coefficient (Wildman–Crippen LogP) is 6.46. The lowest BCUT2D eigenvalue weighted by Crippen LogP contribution is -2.61. The van der Waals surface area contributed by atoms with Crippen LogP contribution in [-0.2, 0) is 5.41 Å². The van der Waals surface area contributed by atoms with Crippen LogP contribution in [0.4, 0.5) is 5.69 Å². The van der Waals surface area contributed by atoms with Gasteiger partial charge in [-0.1, -0.05) is 53.2 Å². The smallest absolute Gasteiger partial charge is 0.112 e. The predicted molar refractivity (Wildman–Crippen MR) is 114 cm³/mol. The second-order valence-corrected chi connectivity index (χ2v) is 8.57. The van der Waals surface area contributed by atoms with E-state index in [0.29, 0.717) is 6.17 Å². The Bertz CT molecular complexity index is 784. The second kappa shape index (κ2) is 6.18. The van der Waals surface area contributed by atoms with E-state index in [-0.39, 0.29) is 10.8 Å². The summed E-state index contributed by atoms with van der Waals surface area (Å²) in [7, 11) is 0. The van der Waals surface area contributed by atoms with Gasteiger partial charge in [0.2, 0.25) is 0 Å². The molecule has 0 fully saturated rings. The third-order valence-corrected chi connectivity index (χ3v) is 7.15. The average molecular weight is 353 g/mol. The first-order valence-corrected chi connectivity index (χ1v) is 10.4. The lowest BCUT2D eigenvalue weighted by atomic mass is 9.56. The largest absolute Gasteiger partial charge is 0.355 e. The summed E-state index contributed by atoms with van der Waals surface area (Å²) in [5, 5.41) is 0. The van der Waals surface area contributed by atoms with Gasteiger partial charge in [0.25, 0.3) is 0 Å². The van der Waals surface area contributed by atoms with Crippen LogP contribution in [0, 0.1) is 12.3 Å². The molecule has 4 rings (SSSR count). The molecule has 2 atom stereocenters. The van der Waals surface area contributed by atoms with Crippen LogP contribution >= 0.6 is 0 Å². The van der Waals surface area contributed by atoms with Crippen LogP contribution < -0.4 is 4.90 Å². The van der Waals surface area contributed by atoms with Crippen LogP contribution in [0.25, 0.3) is 5.57 Å². The van der Waals surface area contributed by atoms with Gasteiger partial charge in [0.1, 0.15) is 6.17 Å². The van der Waals surface area contributed by atoms with Crippen molar-refractivity contribution in [1.82, 2.24) is 4.90 Å². The first kappa shape index (κ1) is 19.1. The van der Waals surface area contributed by atoms with Gasteiger partial charge in [-0.15, -0.1) is 0 Å². The van der Waals surface area contributed by atoms with Crippen molar-refractivity contribution in [3.8, 4) is 0 Å². The molecule has 0 radical (unpaired) electrons. The van der Waals surface area contributed by atoms with Gasteiger partial charge in [-0.05, 0) is 50.5 Å². The Balaban J connectivity index is 0.000000948. The van der Waals surface area contributed by atoms with Crippen LogP contribution in [0.2, 0.25) is 0 Å². The maximum absolute atomic E-state index is 2.62. The molecule has 3 aliphatic rings. The monoisotopic (exact) mass is 352 g/mol. The molecule has 0 N–H and O–H groups in total. The number of rotatable bonds is 2. The third-order valence-electron chi connectivity index (χ3n) is 7.15. The Morgan fingerprint density at radius 2 is 1.69 bits per heavy atom. The fourth-order valence-corrected chi connectivity index (χ4v) is 5.29. The number of hydrogen-bond acceptors (Lipinski definition) is 2. The first-order valence-electron chi connectivity index (χ1n) is 10.4. The minimum Gasteiger partial charge on any atom is -0.355 e. The van der Waals surface area contributed by atoms with Gasteiger partial charge < -0.3 is 9.80 Å². The van der Waals surface area contributed by atoms with Crippen molar-refractivity contribution in [1.29, 1.82) is 0 Å². The highest BCUT2D eigenvalue weighted by Crippen LogP contribution is 2.61. The zero-order valence-electron chi connectivity index (χ0n) is 18.2. The Kier molecular flexibility index (Phi) is 4.53. The molecule has 0 spiro atoms. The van der Waals surface area contributed by atoms with Gasteiger partial charge in [-0.3, -0.25) is 0 Å². The SMILES string of the molecule is CC.CCN1C=C2C=C(C)c3cc(C)cc4c3N2C1C(C)(C)C4(C)CC. The van der Waals surface area contributed by atoms with Crippen LogP contribution in [0.15, 0.2) is 30.1 Å². The van der Waals surface area contributed by atoms with Crippen molar-refractivity contribution < 1.29 is 0 Å². The van der Waals surface area contributed by atoms with Crippen LogP contribution in [-0.4, -0.2) is 17.6 Å². The molecule has 0 saturated heterocycles. The highest BCUT2D eigenvalue weighted by Gasteiger charge is 2.58. The second-order valence-electron chi connectivity index (χ2n) is 8.57. The molecular weight excluding hydrogens is 316 g/mol. The molecule has 2 unspecified atom stereocenters. The summed E-state index contributed by atoms with van der Waals surface area (Å²) >= 11 is 0. The quantitative estimate of drug-likeness (QED) is 0.603. The molecule has 1 aromatic rings. The summed E-state index contributed by atoms with van der Waals surface area (Å²) in [6.45, 7) is 21.6. The zero-order chi connectivity index (χ0) is 19.4. The van der Waals surface area contributed by atoms with Crippen molar-refractivity contribution in [3.63, 3.8) is 0 Å². The molecule has 2 heteroatoms. The van der Waals surface area contributed by atoms with Gasteiger partial charge in [0.15, 0.2) is 0 Å². The normalized spacial score (nSPS) is 27.3. The summed E-state index contributed by atoms with van der Waals surface area (Å²) in [5.74, 6) is 0. The number of allylic oxidation sites excluding steroid dienone is 2. The van der Waals surface area contributed by atoms with Gasteiger partial charge in [0.05, 0.1) is 11.4 Å². The molecule has 0 aliphatic carbocycles. The topological polar surface area (TPSA) is 6.48 Å². The Labute approximate surface area is 160 Å². The molecule has 3 heterocycles. The van der Waals surface area contributed by atoms with Crippen molar-refractivity contribution >= 4 is 11.3 Å². The maximum atomic E-state index is 2.62. The average Bonchev–Trinajstić information content (AvgIpc) is 3.00. The van der Waals surface area contributed by atoms with Crippen molar-refractivity contribution in [2.75, 3.05) is 11.4 Å². The van der Waals surface area contributed by atoms with Gasteiger partial charge in [-0.25, -0.2) is 0 Å². The molecule has 2 nitrogen and oxygen atoms in total. The number of nitrogens with zero attached hydrogens (tertiary/aromatic N) is 2. The fourth-order valence-electron chi connectivity index (χ4n) is 5.29. The Hall–Kier alpha value is -1.70. The molecular formula is C24H36N2. The minimum atomic E-state index is 0.160. The number of benzene rings is 1. The van der Waals surface area contributed by atoms with E-state index in [1.165, 1.54) is 33.6 Å². The lowest BCUT2D eigenvalue weighted by molar-refractivity contribution is 0.0531. The van der Waals surface area contributed by atoms with Gasteiger partial charge >= 0.3 is 0 Å². The molecule has 1 aromatic carbocycles. The molecule has 0 aromatic heterocycles. The highest BCUT2D eigenvalue weighted by molar-refractivity contribution is 5.88. The zero-order valence-corrected chi connectivity index (χ0v) is 18.2. The Morgan fingerprint density at radius 3 is 2.27 bits per heavy atom. The lowest BCUT2D eigenvalue weighted by Gasteiger charge is -2.59. The summed E-state index contributed by atoms with van der Waals surface area (Å²) in [4.78, 5) is 5.17. The maximum Gasteiger partial charge on any atom is 0.112 e. The summed E-state index contributed by atoms with van der Waals surface area (Å²) in [6.07, 6.45) is 6.32. The summed E-state index contributed by atoms with van der Waals surface area (Å²) in [5.41, 5.74) is 8.90. The molecule has 0 amide bonds.